The van der Waals surface area contributed by atoms with E-state index in [9.17, 15) is 9.59 Å². The third-order valence-electron chi connectivity index (χ3n) is 5.47. The van der Waals surface area contributed by atoms with Crippen LogP contribution < -0.4 is 5.32 Å². The van der Waals surface area contributed by atoms with Crippen LogP contribution in [0.2, 0.25) is 0 Å². The lowest BCUT2D eigenvalue weighted by Gasteiger charge is -2.25. The second-order valence-corrected chi connectivity index (χ2v) is 7.40. The molecule has 1 N–H and O–H groups in total. The number of aryl methyl sites for hydroxylation is 1. The van der Waals surface area contributed by atoms with Gasteiger partial charge in [0, 0.05) is 32.1 Å². The zero-order chi connectivity index (χ0) is 18.0. The monoisotopic (exact) mass is 343 g/mol. The van der Waals surface area contributed by atoms with Gasteiger partial charge in [-0.05, 0) is 56.7 Å². The van der Waals surface area contributed by atoms with Crippen LogP contribution in [0.15, 0.2) is 18.2 Å². The molecule has 0 radical (unpaired) electrons. The highest BCUT2D eigenvalue weighted by Crippen LogP contribution is 2.31. The van der Waals surface area contributed by atoms with Crippen LogP contribution in [0.4, 0.5) is 4.79 Å². The van der Waals surface area contributed by atoms with Gasteiger partial charge in [-0.3, -0.25) is 4.79 Å². The van der Waals surface area contributed by atoms with E-state index in [0.717, 1.165) is 31.4 Å². The van der Waals surface area contributed by atoms with Crippen LogP contribution in [0.5, 0.6) is 0 Å². The molecule has 1 aliphatic carbocycles. The first-order chi connectivity index (χ1) is 12.0. The summed E-state index contributed by atoms with van der Waals surface area (Å²) < 4.78 is 0. The van der Waals surface area contributed by atoms with Crippen LogP contribution in [-0.2, 0) is 4.79 Å². The molecule has 1 aromatic rings. The SMILES string of the molecule is Cc1cccc(C(C)NC(=O)N2CCCN(C(=O)C3CC3)CC2)c1C. The molecule has 1 atom stereocenters. The highest BCUT2D eigenvalue weighted by Gasteiger charge is 2.34. The van der Waals surface area contributed by atoms with Gasteiger partial charge in [0.25, 0.3) is 0 Å². The summed E-state index contributed by atoms with van der Waals surface area (Å²) in [4.78, 5) is 28.7. The summed E-state index contributed by atoms with van der Waals surface area (Å²) in [5.41, 5.74) is 3.63. The number of carbonyl (C=O) groups is 2. The summed E-state index contributed by atoms with van der Waals surface area (Å²) in [5.74, 6) is 0.538. The van der Waals surface area contributed by atoms with Crippen LogP contribution in [-0.4, -0.2) is 47.9 Å². The summed E-state index contributed by atoms with van der Waals surface area (Å²) in [7, 11) is 0. The molecule has 1 saturated heterocycles. The van der Waals surface area contributed by atoms with E-state index in [-0.39, 0.29) is 23.9 Å². The number of nitrogens with zero attached hydrogens (tertiary/aromatic N) is 2. The van der Waals surface area contributed by atoms with Gasteiger partial charge in [0.15, 0.2) is 0 Å². The molecule has 0 bridgehead atoms. The van der Waals surface area contributed by atoms with Crippen molar-refractivity contribution in [2.24, 2.45) is 5.92 Å². The van der Waals surface area contributed by atoms with E-state index >= 15 is 0 Å². The third-order valence-corrected chi connectivity index (χ3v) is 5.47. The number of nitrogens with one attached hydrogen (secondary N) is 1. The summed E-state index contributed by atoms with van der Waals surface area (Å²) >= 11 is 0. The topological polar surface area (TPSA) is 52.7 Å². The Labute approximate surface area is 150 Å². The van der Waals surface area contributed by atoms with Crippen molar-refractivity contribution < 1.29 is 9.59 Å². The number of benzene rings is 1. The molecule has 1 aliphatic heterocycles. The average Bonchev–Trinajstić information content (AvgIpc) is 3.43. The third kappa shape index (κ3) is 4.14. The fraction of sp³-hybridized carbons (Fsp3) is 0.600. The fourth-order valence-corrected chi connectivity index (χ4v) is 3.53. The normalized spacial score (nSPS) is 19.3. The Kier molecular flexibility index (Phi) is 5.30. The van der Waals surface area contributed by atoms with Crippen molar-refractivity contribution in [1.29, 1.82) is 0 Å². The minimum Gasteiger partial charge on any atom is -0.341 e. The van der Waals surface area contributed by atoms with E-state index in [0.29, 0.717) is 19.6 Å². The maximum Gasteiger partial charge on any atom is 0.317 e. The van der Waals surface area contributed by atoms with E-state index < -0.39 is 0 Å². The first kappa shape index (κ1) is 17.8. The van der Waals surface area contributed by atoms with Crippen molar-refractivity contribution in [3.63, 3.8) is 0 Å². The first-order valence-corrected chi connectivity index (χ1v) is 9.37. The molecule has 1 aromatic carbocycles. The van der Waals surface area contributed by atoms with Crippen LogP contribution >= 0.6 is 0 Å². The number of amides is 3. The predicted octanol–water partition coefficient (Wildman–Crippen LogP) is 3.02. The van der Waals surface area contributed by atoms with E-state index in [1.807, 2.05) is 22.8 Å². The minimum atomic E-state index is -0.0332. The Morgan fingerprint density at radius 3 is 2.48 bits per heavy atom. The van der Waals surface area contributed by atoms with Gasteiger partial charge in [-0.15, -0.1) is 0 Å². The molecule has 5 nitrogen and oxygen atoms in total. The van der Waals surface area contributed by atoms with Gasteiger partial charge in [-0.25, -0.2) is 4.79 Å². The highest BCUT2D eigenvalue weighted by atomic mass is 16.2. The molecule has 1 heterocycles. The Bertz CT molecular complexity index is 654. The summed E-state index contributed by atoms with van der Waals surface area (Å²) in [5, 5.41) is 3.12. The predicted molar refractivity (Wildman–Crippen MR) is 98.4 cm³/mol. The molecule has 1 saturated carbocycles. The first-order valence-electron chi connectivity index (χ1n) is 9.37. The summed E-state index contributed by atoms with van der Waals surface area (Å²) in [6, 6.07) is 6.14. The van der Waals surface area contributed by atoms with Crippen LogP contribution in [0.1, 0.15) is 48.9 Å². The van der Waals surface area contributed by atoms with Gasteiger partial charge < -0.3 is 15.1 Å². The van der Waals surface area contributed by atoms with Gasteiger partial charge in [0.1, 0.15) is 0 Å². The second-order valence-electron chi connectivity index (χ2n) is 7.40. The molecular formula is C20H29N3O2. The molecule has 2 aliphatic rings. The average molecular weight is 343 g/mol. The lowest BCUT2D eigenvalue weighted by molar-refractivity contribution is -0.132. The largest absolute Gasteiger partial charge is 0.341 e. The van der Waals surface area contributed by atoms with Crippen molar-refractivity contribution >= 4 is 11.9 Å². The standard InChI is InChI=1S/C20H29N3O2/c1-14-6-4-7-18(15(14)2)16(3)21-20(25)23-11-5-10-22(12-13-23)19(24)17-8-9-17/h4,6-7,16-17H,5,8-13H2,1-3H3,(H,21,25). The Morgan fingerprint density at radius 1 is 1.08 bits per heavy atom. The molecule has 25 heavy (non-hydrogen) atoms. The fourth-order valence-electron chi connectivity index (χ4n) is 3.53. The van der Waals surface area contributed by atoms with E-state index in [1.165, 1.54) is 11.1 Å². The molecule has 1 unspecified atom stereocenters. The van der Waals surface area contributed by atoms with Crippen molar-refractivity contribution in [2.75, 3.05) is 26.2 Å². The van der Waals surface area contributed by atoms with Crippen molar-refractivity contribution in [3.05, 3.63) is 34.9 Å². The Morgan fingerprint density at radius 2 is 1.76 bits per heavy atom. The maximum absolute atomic E-state index is 12.7. The van der Waals surface area contributed by atoms with Gasteiger partial charge in [0.05, 0.1) is 6.04 Å². The molecule has 3 rings (SSSR count). The van der Waals surface area contributed by atoms with Crippen molar-refractivity contribution in [2.45, 2.75) is 46.1 Å². The van der Waals surface area contributed by atoms with Crippen LogP contribution in [0.3, 0.4) is 0 Å². The van der Waals surface area contributed by atoms with Crippen LogP contribution in [0, 0.1) is 19.8 Å². The number of hydrogen-bond acceptors (Lipinski definition) is 2. The van der Waals surface area contributed by atoms with Gasteiger partial charge in [-0.1, -0.05) is 18.2 Å². The van der Waals surface area contributed by atoms with Crippen molar-refractivity contribution in [1.82, 2.24) is 15.1 Å². The molecule has 0 spiro atoms. The molecule has 136 valence electrons. The molecule has 2 fully saturated rings. The van der Waals surface area contributed by atoms with Gasteiger partial charge in [-0.2, -0.15) is 0 Å². The quantitative estimate of drug-likeness (QED) is 0.917. The number of rotatable bonds is 3. The second kappa shape index (κ2) is 7.46. The van der Waals surface area contributed by atoms with Gasteiger partial charge in [0.2, 0.25) is 5.91 Å². The molecule has 3 amide bonds. The Balaban J connectivity index is 1.57. The smallest absolute Gasteiger partial charge is 0.317 e. The Hall–Kier alpha value is -2.04. The molecule has 5 heteroatoms. The number of carbonyl (C=O) groups excluding carboxylic acids is 2. The highest BCUT2D eigenvalue weighted by molar-refractivity contribution is 5.81. The maximum atomic E-state index is 12.7. The molecular weight excluding hydrogens is 314 g/mol. The van der Waals surface area contributed by atoms with E-state index in [1.54, 1.807) is 0 Å². The minimum absolute atomic E-state index is 0.0279. The van der Waals surface area contributed by atoms with E-state index in [4.69, 9.17) is 0 Å². The van der Waals surface area contributed by atoms with Gasteiger partial charge >= 0.3 is 6.03 Å². The lowest BCUT2D eigenvalue weighted by Crippen LogP contribution is -2.43. The van der Waals surface area contributed by atoms with E-state index in [2.05, 4.69) is 31.3 Å². The summed E-state index contributed by atoms with van der Waals surface area (Å²) in [6.07, 6.45) is 2.92. The zero-order valence-electron chi connectivity index (χ0n) is 15.5. The number of hydrogen-bond donors (Lipinski definition) is 1. The lowest BCUT2D eigenvalue weighted by atomic mass is 9.98. The van der Waals surface area contributed by atoms with Crippen LogP contribution in [0.25, 0.3) is 0 Å². The summed E-state index contributed by atoms with van der Waals surface area (Å²) in [6.45, 7) is 8.96. The number of urea groups is 1. The molecule has 0 aromatic heterocycles. The zero-order valence-corrected chi connectivity index (χ0v) is 15.5. The van der Waals surface area contributed by atoms with Crippen molar-refractivity contribution in [3.8, 4) is 0 Å².